The molecule has 0 fully saturated rings. The van der Waals surface area contributed by atoms with Gasteiger partial charge in [-0.25, -0.2) is 0 Å². The van der Waals surface area contributed by atoms with Crippen molar-refractivity contribution in [3.8, 4) is 0 Å². The Morgan fingerprint density at radius 2 is 1.38 bits per heavy atom. The molecule has 0 unspecified atom stereocenters. The van der Waals surface area contributed by atoms with Gasteiger partial charge in [-0.3, -0.25) is 0 Å². The van der Waals surface area contributed by atoms with E-state index in [9.17, 15) is 0 Å². The van der Waals surface area contributed by atoms with Gasteiger partial charge in [0.15, 0.2) is 0 Å². The van der Waals surface area contributed by atoms with Crippen LogP contribution in [0.4, 0.5) is 0 Å². The fourth-order valence-electron chi connectivity index (χ4n) is 1.32. The van der Waals surface area contributed by atoms with E-state index in [-0.39, 0.29) is 0 Å². The zero-order valence-corrected chi connectivity index (χ0v) is 14.4. The molecule has 0 amide bonds. The van der Waals surface area contributed by atoms with Crippen LogP contribution in [0.15, 0.2) is 0 Å². The third-order valence-electron chi connectivity index (χ3n) is 2.27. The number of unbranched alkanes of at least 4 members (excludes halogenated alkanes) is 3. The van der Waals surface area contributed by atoms with E-state index in [1.807, 2.05) is 0 Å². The second-order valence-corrected chi connectivity index (χ2v) is 14.0. The van der Waals surface area contributed by atoms with Crippen LogP contribution in [0.25, 0.3) is 0 Å². The molecule has 0 nitrogen and oxygen atoms in total. The van der Waals surface area contributed by atoms with Crippen LogP contribution in [0.2, 0.25) is 19.6 Å². The van der Waals surface area contributed by atoms with Crippen molar-refractivity contribution < 1.29 is 0 Å². The normalized spacial score (nSPS) is 12.0. The molecule has 0 aromatic carbocycles. The minimum atomic E-state index is 0.862. The van der Waals surface area contributed by atoms with Gasteiger partial charge in [-0.2, -0.15) is 0 Å². The average molecular weight is 379 g/mol. The molecule has 0 N–H and O–H groups in total. The summed E-state index contributed by atoms with van der Waals surface area (Å²) in [6.07, 6.45) is 7.32. The summed E-state index contributed by atoms with van der Waals surface area (Å²) < 4.78 is 0.862. The minimum absolute atomic E-state index is 0.862. The average Bonchev–Trinajstić information content (AvgIpc) is 2.20. The first-order valence-corrected chi connectivity index (χ1v) is 12.6. The van der Waals surface area contributed by atoms with Crippen molar-refractivity contribution >= 4 is 44.9 Å². The molecule has 0 heterocycles. The maximum atomic E-state index is 2.45. The quantitative estimate of drug-likeness (QED) is 0.449. The molecule has 13 heavy (non-hydrogen) atoms. The Morgan fingerprint density at radius 3 is 1.77 bits per heavy atom. The summed E-state index contributed by atoms with van der Waals surface area (Å²) in [6, 6.07) is 0. The topological polar surface area (TPSA) is 0 Å². The molecule has 0 radical (unpaired) electrons. The first-order valence-electron chi connectivity index (χ1n) is 4.90. The Labute approximate surface area is 103 Å². The van der Waals surface area contributed by atoms with E-state index >= 15 is 0 Å². The molecule has 3 heteroatoms. The molecule has 0 aromatic rings. The standard InChI is InChI=1S/C10H22Se3/c1-5-6-7-8-9-10(11-2,12-3)13-4/h5-9H2,1-4H3. The molecule has 80 valence electrons. The van der Waals surface area contributed by atoms with E-state index in [1.165, 1.54) is 32.1 Å². The van der Waals surface area contributed by atoms with Crippen LogP contribution in [0.3, 0.4) is 0 Å². The van der Waals surface area contributed by atoms with E-state index < -0.39 is 0 Å². The first-order chi connectivity index (χ1) is 6.24. The Hall–Kier alpha value is 1.56. The third-order valence-corrected chi connectivity index (χ3v) is 18.4. The molecule has 0 aliphatic rings. The van der Waals surface area contributed by atoms with E-state index in [2.05, 4.69) is 24.4 Å². The monoisotopic (exact) mass is 382 g/mol. The van der Waals surface area contributed by atoms with Crippen molar-refractivity contribution in [3.05, 3.63) is 0 Å². The maximum absolute atomic E-state index is 2.45. The van der Waals surface area contributed by atoms with Gasteiger partial charge in [-0.15, -0.1) is 0 Å². The summed E-state index contributed by atoms with van der Waals surface area (Å²) in [5.74, 6) is 7.34. The van der Waals surface area contributed by atoms with Gasteiger partial charge in [0.05, 0.1) is 0 Å². The summed E-state index contributed by atoms with van der Waals surface area (Å²) in [6.45, 7) is 2.30. The van der Waals surface area contributed by atoms with Crippen molar-refractivity contribution in [3.63, 3.8) is 0 Å². The second kappa shape index (κ2) is 8.83. The Bertz CT molecular complexity index is 102. The molecule has 0 bridgehead atoms. The third kappa shape index (κ3) is 5.88. The van der Waals surface area contributed by atoms with Crippen LogP contribution < -0.4 is 0 Å². The summed E-state index contributed by atoms with van der Waals surface area (Å²) in [5, 5.41) is 0. The number of hydrogen-bond donors (Lipinski definition) is 0. The van der Waals surface area contributed by atoms with E-state index in [1.54, 1.807) is 0 Å². The predicted octanol–water partition coefficient (Wildman–Crippen LogP) is 3.29. The predicted molar refractivity (Wildman–Crippen MR) is 66.3 cm³/mol. The van der Waals surface area contributed by atoms with E-state index in [4.69, 9.17) is 0 Å². The molecule has 0 atom stereocenters. The summed E-state index contributed by atoms with van der Waals surface area (Å²) in [4.78, 5) is 0. The van der Waals surface area contributed by atoms with Gasteiger partial charge < -0.3 is 0 Å². The zero-order chi connectivity index (χ0) is 10.2. The molecule has 0 aliphatic carbocycles. The summed E-state index contributed by atoms with van der Waals surface area (Å²) in [5.41, 5.74) is 0. The molecule has 0 spiro atoms. The van der Waals surface area contributed by atoms with Gasteiger partial charge in [0.2, 0.25) is 0 Å². The Morgan fingerprint density at radius 1 is 0.846 bits per heavy atom. The molecular formula is C10H22Se3. The van der Waals surface area contributed by atoms with Crippen LogP contribution in [-0.2, 0) is 0 Å². The number of hydrogen-bond acceptors (Lipinski definition) is 0. The van der Waals surface area contributed by atoms with Crippen LogP contribution in [0.5, 0.6) is 0 Å². The van der Waals surface area contributed by atoms with Crippen LogP contribution in [0.1, 0.15) is 39.0 Å². The molecular weight excluding hydrogens is 357 g/mol. The summed E-state index contributed by atoms with van der Waals surface area (Å²) >= 11 is 2.67. The van der Waals surface area contributed by atoms with E-state index in [0.717, 1.165) is 47.0 Å². The SMILES string of the molecule is CCCCCCC([Se]C)([Se]C)[Se]C. The molecule has 0 aliphatic heterocycles. The fourth-order valence-corrected chi connectivity index (χ4v) is 10.0. The van der Waals surface area contributed by atoms with Crippen molar-refractivity contribution in [2.24, 2.45) is 0 Å². The first kappa shape index (κ1) is 14.6. The number of rotatable bonds is 8. The van der Waals surface area contributed by atoms with Crippen LogP contribution >= 0.6 is 0 Å². The van der Waals surface area contributed by atoms with Gasteiger partial charge in [0.1, 0.15) is 0 Å². The van der Waals surface area contributed by atoms with E-state index in [0.29, 0.717) is 0 Å². The second-order valence-electron chi connectivity index (χ2n) is 3.11. The van der Waals surface area contributed by atoms with Gasteiger partial charge in [-0.1, -0.05) is 0 Å². The van der Waals surface area contributed by atoms with Gasteiger partial charge >= 0.3 is 103 Å². The van der Waals surface area contributed by atoms with Crippen molar-refractivity contribution in [2.75, 3.05) is 0 Å². The van der Waals surface area contributed by atoms with Crippen molar-refractivity contribution in [2.45, 2.75) is 58.6 Å². The molecule has 0 aromatic heterocycles. The molecule has 0 saturated carbocycles. The van der Waals surface area contributed by atoms with Crippen molar-refractivity contribution in [1.29, 1.82) is 0 Å². The Balaban J connectivity index is 3.68. The van der Waals surface area contributed by atoms with Gasteiger partial charge in [0.25, 0.3) is 0 Å². The molecule has 0 rings (SSSR count). The van der Waals surface area contributed by atoms with Crippen molar-refractivity contribution in [1.82, 2.24) is 0 Å². The van der Waals surface area contributed by atoms with Gasteiger partial charge in [-0.05, 0) is 0 Å². The zero-order valence-electron chi connectivity index (χ0n) is 9.26. The van der Waals surface area contributed by atoms with Crippen LogP contribution in [-0.4, -0.2) is 44.9 Å². The summed E-state index contributed by atoms with van der Waals surface area (Å²) in [7, 11) is 0. The Kier molecular flexibility index (Phi) is 9.89. The fraction of sp³-hybridized carbons (Fsp3) is 1.00. The van der Waals surface area contributed by atoms with Crippen LogP contribution in [0, 0.1) is 0 Å². The van der Waals surface area contributed by atoms with Gasteiger partial charge in [0, 0.05) is 0 Å². The molecule has 0 saturated heterocycles.